The molecule has 1 aromatic heterocycles. The Morgan fingerprint density at radius 3 is 2.61 bits per heavy atom. The number of ether oxygens (including phenoxy) is 1. The molecule has 1 aromatic carbocycles. The van der Waals surface area contributed by atoms with Crippen LogP contribution in [0.25, 0.3) is 5.69 Å². The van der Waals surface area contributed by atoms with Crippen molar-refractivity contribution in [2.45, 2.75) is 26.1 Å². The quantitative estimate of drug-likeness (QED) is 0.772. The van der Waals surface area contributed by atoms with E-state index in [2.05, 4.69) is 10.4 Å². The molecule has 1 saturated heterocycles. The molecule has 1 fully saturated rings. The van der Waals surface area contributed by atoms with Crippen molar-refractivity contribution in [2.24, 2.45) is 0 Å². The molecule has 28 heavy (non-hydrogen) atoms. The second-order valence-electron chi connectivity index (χ2n) is 6.74. The summed E-state index contributed by atoms with van der Waals surface area (Å²) in [6.45, 7) is 4.20. The normalized spacial score (nSPS) is 20.8. The molecule has 3 rings (SSSR count). The first-order valence-electron chi connectivity index (χ1n) is 8.98. The number of hydrogen-bond acceptors (Lipinski definition) is 5. The summed E-state index contributed by atoms with van der Waals surface area (Å²) in [5.74, 6) is -1.20. The third-order valence-corrected chi connectivity index (χ3v) is 6.15. The lowest BCUT2D eigenvalue weighted by Gasteiger charge is -2.34. The molecule has 1 N–H and O–H groups in total. The van der Waals surface area contributed by atoms with Gasteiger partial charge in [-0.2, -0.15) is 9.40 Å². The van der Waals surface area contributed by atoms with Crippen LogP contribution in [0.4, 0.5) is 4.39 Å². The highest BCUT2D eigenvalue weighted by Crippen LogP contribution is 2.15. The minimum atomic E-state index is -3.51. The molecule has 0 aliphatic carbocycles. The number of para-hydroxylation sites is 1. The van der Waals surface area contributed by atoms with Crippen LogP contribution in [0.3, 0.4) is 0 Å². The zero-order chi connectivity index (χ0) is 20.3. The second-order valence-corrected chi connectivity index (χ2v) is 8.83. The van der Waals surface area contributed by atoms with E-state index in [0.29, 0.717) is 13.1 Å². The lowest BCUT2D eigenvalue weighted by Crippen LogP contribution is -2.49. The summed E-state index contributed by atoms with van der Waals surface area (Å²) in [5.41, 5.74) is 0.300. The number of carbonyl (C=O) groups excluding carboxylic acids is 1. The largest absolute Gasteiger partial charge is 0.373 e. The van der Waals surface area contributed by atoms with Gasteiger partial charge < -0.3 is 10.1 Å². The molecule has 0 saturated carbocycles. The molecular weight excluding hydrogens is 387 g/mol. The maximum atomic E-state index is 13.8. The monoisotopic (exact) mass is 410 g/mol. The van der Waals surface area contributed by atoms with Gasteiger partial charge in [0, 0.05) is 25.8 Å². The number of rotatable bonds is 6. The molecule has 1 aliphatic heterocycles. The Morgan fingerprint density at radius 1 is 1.25 bits per heavy atom. The number of hydrogen-bond donors (Lipinski definition) is 1. The zero-order valence-electron chi connectivity index (χ0n) is 15.7. The number of nitrogens with zero attached hydrogens (tertiary/aromatic N) is 3. The fraction of sp³-hybridized carbons (Fsp3) is 0.444. The van der Waals surface area contributed by atoms with Gasteiger partial charge in [0.25, 0.3) is 5.91 Å². The number of sulfonamides is 1. The van der Waals surface area contributed by atoms with Crippen LogP contribution in [0.2, 0.25) is 0 Å². The summed E-state index contributed by atoms with van der Waals surface area (Å²) in [5, 5.41) is 6.60. The molecule has 0 bridgehead atoms. The van der Waals surface area contributed by atoms with Gasteiger partial charge in [-0.15, -0.1) is 0 Å². The van der Waals surface area contributed by atoms with E-state index < -0.39 is 21.7 Å². The number of amides is 1. The number of morpholine rings is 1. The Bertz CT molecular complexity index is 937. The maximum absolute atomic E-state index is 13.8. The SMILES string of the molecule is CC1CN(S(=O)(=O)CCNC(=O)c2ccn(-c3ccccc3F)n2)CC(C)O1. The fourth-order valence-corrected chi connectivity index (χ4v) is 4.58. The van der Waals surface area contributed by atoms with Gasteiger partial charge in [0.05, 0.1) is 18.0 Å². The molecule has 2 aromatic rings. The first kappa shape index (κ1) is 20.4. The van der Waals surface area contributed by atoms with E-state index in [1.807, 2.05) is 13.8 Å². The molecule has 0 spiro atoms. The molecule has 2 heterocycles. The van der Waals surface area contributed by atoms with E-state index >= 15 is 0 Å². The second kappa shape index (κ2) is 8.38. The van der Waals surface area contributed by atoms with Crippen LogP contribution in [0.5, 0.6) is 0 Å². The van der Waals surface area contributed by atoms with Gasteiger partial charge in [0.15, 0.2) is 5.69 Å². The summed E-state index contributed by atoms with van der Waals surface area (Å²) in [4.78, 5) is 12.2. The molecule has 1 amide bonds. The van der Waals surface area contributed by atoms with Crippen LogP contribution < -0.4 is 5.32 Å². The zero-order valence-corrected chi connectivity index (χ0v) is 16.5. The van der Waals surface area contributed by atoms with E-state index in [4.69, 9.17) is 4.74 Å². The fourth-order valence-electron chi connectivity index (χ4n) is 3.09. The van der Waals surface area contributed by atoms with E-state index in [0.717, 1.165) is 0 Å². The minimum absolute atomic E-state index is 0.0478. The Kier molecular flexibility index (Phi) is 6.11. The molecule has 1 aliphatic rings. The van der Waals surface area contributed by atoms with Crippen molar-refractivity contribution >= 4 is 15.9 Å². The van der Waals surface area contributed by atoms with Crippen molar-refractivity contribution in [3.63, 3.8) is 0 Å². The number of halogens is 1. The molecule has 2 atom stereocenters. The molecule has 2 unspecified atom stereocenters. The van der Waals surface area contributed by atoms with Crippen LogP contribution >= 0.6 is 0 Å². The van der Waals surface area contributed by atoms with Crippen LogP contribution in [0.1, 0.15) is 24.3 Å². The Balaban J connectivity index is 1.57. The first-order chi connectivity index (χ1) is 13.3. The molecule has 10 heteroatoms. The highest BCUT2D eigenvalue weighted by molar-refractivity contribution is 7.89. The predicted octanol–water partition coefficient (Wildman–Crippen LogP) is 1.18. The lowest BCUT2D eigenvalue weighted by molar-refractivity contribution is -0.0440. The Hall–Kier alpha value is -2.30. The van der Waals surface area contributed by atoms with Crippen LogP contribution in [0.15, 0.2) is 36.5 Å². The summed E-state index contributed by atoms with van der Waals surface area (Å²) in [7, 11) is -3.51. The van der Waals surface area contributed by atoms with Crippen LogP contribution in [-0.2, 0) is 14.8 Å². The van der Waals surface area contributed by atoms with E-state index in [-0.39, 0.29) is 35.9 Å². The van der Waals surface area contributed by atoms with Gasteiger partial charge in [-0.3, -0.25) is 4.79 Å². The topological polar surface area (TPSA) is 93.5 Å². The predicted molar refractivity (Wildman–Crippen MR) is 101 cm³/mol. The number of benzene rings is 1. The number of aromatic nitrogens is 2. The van der Waals surface area contributed by atoms with Gasteiger partial charge in [0.1, 0.15) is 11.5 Å². The third-order valence-electron chi connectivity index (χ3n) is 4.35. The number of nitrogens with one attached hydrogen (secondary N) is 1. The van der Waals surface area contributed by atoms with Crippen LogP contribution in [0, 0.1) is 5.82 Å². The standard InChI is InChI=1S/C18H23FN4O4S/c1-13-11-22(12-14(2)27-13)28(25,26)10-8-20-18(24)16-7-9-23(21-16)17-6-4-3-5-15(17)19/h3-7,9,13-14H,8,10-12H2,1-2H3,(H,20,24). The van der Waals surface area contributed by atoms with Crippen LogP contribution in [-0.4, -0.2) is 66.0 Å². The van der Waals surface area contributed by atoms with Gasteiger partial charge in [-0.05, 0) is 32.0 Å². The lowest BCUT2D eigenvalue weighted by atomic mass is 10.3. The average molecular weight is 410 g/mol. The average Bonchev–Trinajstić information content (AvgIpc) is 3.11. The van der Waals surface area contributed by atoms with E-state index in [1.54, 1.807) is 18.2 Å². The van der Waals surface area contributed by atoms with Crippen molar-refractivity contribution in [1.29, 1.82) is 0 Å². The highest BCUT2D eigenvalue weighted by atomic mass is 32.2. The van der Waals surface area contributed by atoms with Crippen molar-refractivity contribution in [2.75, 3.05) is 25.4 Å². The summed E-state index contributed by atoms with van der Waals surface area (Å²) in [6.07, 6.45) is 1.13. The maximum Gasteiger partial charge on any atom is 0.271 e. The molecular formula is C18H23FN4O4S. The summed E-state index contributed by atoms with van der Waals surface area (Å²) in [6, 6.07) is 7.52. The Morgan fingerprint density at radius 2 is 1.93 bits per heavy atom. The summed E-state index contributed by atoms with van der Waals surface area (Å²) >= 11 is 0. The van der Waals surface area contributed by atoms with Crippen molar-refractivity contribution in [1.82, 2.24) is 19.4 Å². The van der Waals surface area contributed by atoms with Gasteiger partial charge in [0.2, 0.25) is 10.0 Å². The molecule has 0 radical (unpaired) electrons. The first-order valence-corrected chi connectivity index (χ1v) is 10.6. The van der Waals surface area contributed by atoms with Crippen molar-refractivity contribution in [3.05, 3.63) is 48.0 Å². The van der Waals surface area contributed by atoms with Gasteiger partial charge in [-0.25, -0.2) is 17.5 Å². The highest BCUT2D eigenvalue weighted by Gasteiger charge is 2.30. The van der Waals surface area contributed by atoms with E-state index in [9.17, 15) is 17.6 Å². The van der Waals surface area contributed by atoms with E-state index in [1.165, 1.54) is 27.3 Å². The number of carbonyl (C=O) groups is 1. The minimum Gasteiger partial charge on any atom is -0.373 e. The summed E-state index contributed by atoms with van der Waals surface area (Å²) < 4.78 is 47.0. The molecule has 8 nitrogen and oxygen atoms in total. The molecule has 152 valence electrons. The van der Waals surface area contributed by atoms with Crippen molar-refractivity contribution in [3.8, 4) is 5.69 Å². The third kappa shape index (κ3) is 4.75. The smallest absolute Gasteiger partial charge is 0.271 e. The van der Waals surface area contributed by atoms with Gasteiger partial charge >= 0.3 is 0 Å². The Labute approximate surface area is 163 Å². The van der Waals surface area contributed by atoms with Gasteiger partial charge in [-0.1, -0.05) is 12.1 Å². The van der Waals surface area contributed by atoms with Crippen molar-refractivity contribution < 1.29 is 22.3 Å².